The van der Waals surface area contributed by atoms with Crippen molar-refractivity contribution in [2.45, 2.75) is 62.3 Å². The van der Waals surface area contributed by atoms with E-state index >= 15 is 0 Å². The molecule has 1 saturated heterocycles. The number of rotatable bonds is 2. The van der Waals surface area contributed by atoms with Gasteiger partial charge in [0, 0.05) is 0 Å². The Bertz CT molecular complexity index is 526. The maximum Gasteiger partial charge on any atom is 0.338 e. The van der Waals surface area contributed by atoms with Crippen molar-refractivity contribution in [3.63, 3.8) is 0 Å². The van der Waals surface area contributed by atoms with Gasteiger partial charge < -0.3 is 9.47 Å². The van der Waals surface area contributed by atoms with Crippen LogP contribution in [0, 0.1) is 0 Å². The Morgan fingerprint density at radius 3 is 2.75 bits per heavy atom. The highest BCUT2D eigenvalue weighted by Crippen LogP contribution is 2.66. The first-order chi connectivity index (χ1) is 9.76. The molecule has 0 spiro atoms. The molecular weight excluding hydrogens is 252 g/mol. The van der Waals surface area contributed by atoms with Crippen LogP contribution >= 0.6 is 0 Å². The molecular formula is C17H20O3. The molecule has 3 atom stereocenters. The summed E-state index contributed by atoms with van der Waals surface area (Å²) in [5, 5.41) is 0. The van der Waals surface area contributed by atoms with E-state index in [2.05, 4.69) is 0 Å². The molecule has 2 saturated carbocycles. The van der Waals surface area contributed by atoms with Crippen molar-refractivity contribution in [2.75, 3.05) is 0 Å². The minimum atomic E-state index is -0.208. The van der Waals surface area contributed by atoms with Crippen LogP contribution in [-0.4, -0.2) is 23.3 Å². The molecule has 4 rings (SSSR count). The topological polar surface area (TPSA) is 38.8 Å². The third-order valence-electron chi connectivity index (χ3n) is 5.33. The average Bonchev–Trinajstić information content (AvgIpc) is 3.07. The third kappa shape index (κ3) is 1.65. The largest absolute Gasteiger partial charge is 0.456 e. The van der Waals surface area contributed by atoms with Crippen molar-refractivity contribution >= 4 is 5.97 Å². The van der Waals surface area contributed by atoms with Crippen molar-refractivity contribution in [1.82, 2.24) is 0 Å². The molecule has 106 valence electrons. The molecule has 1 aliphatic heterocycles. The normalized spacial score (nSPS) is 38.5. The van der Waals surface area contributed by atoms with Crippen LogP contribution in [-0.2, 0) is 9.47 Å². The Labute approximate surface area is 119 Å². The summed E-state index contributed by atoms with van der Waals surface area (Å²) in [6, 6.07) is 9.26. The molecule has 0 unspecified atom stereocenters. The molecule has 1 aromatic rings. The lowest BCUT2D eigenvalue weighted by atomic mass is 9.90. The fourth-order valence-corrected chi connectivity index (χ4v) is 4.27. The zero-order chi connectivity index (χ0) is 13.6. The van der Waals surface area contributed by atoms with Crippen LogP contribution in [0.4, 0.5) is 0 Å². The van der Waals surface area contributed by atoms with Crippen LogP contribution in [0.3, 0.4) is 0 Å². The van der Waals surface area contributed by atoms with Crippen molar-refractivity contribution in [3.8, 4) is 0 Å². The Kier molecular flexibility index (Phi) is 2.68. The second-order valence-electron chi connectivity index (χ2n) is 6.35. The number of benzene rings is 1. The fraction of sp³-hybridized carbons (Fsp3) is 0.588. The zero-order valence-electron chi connectivity index (χ0n) is 11.6. The van der Waals surface area contributed by atoms with Crippen molar-refractivity contribution in [3.05, 3.63) is 35.9 Å². The van der Waals surface area contributed by atoms with Gasteiger partial charge in [-0.3, -0.25) is 0 Å². The lowest BCUT2D eigenvalue weighted by molar-refractivity contribution is -0.00145. The van der Waals surface area contributed by atoms with Gasteiger partial charge in [0.2, 0.25) is 0 Å². The Balaban J connectivity index is 1.52. The van der Waals surface area contributed by atoms with Gasteiger partial charge in [0.25, 0.3) is 0 Å². The second-order valence-corrected chi connectivity index (χ2v) is 6.35. The number of carbonyl (C=O) groups excluding carboxylic acids is 1. The number of hydrogen-bond acceptors (Lipinski definition) is 3. The van der Waals surface area contributed by atoms with Crippen LogP contribution in [0.1, 0.15) is 55.3 Å². The number of epoxide rings is 1. The average molecular weight is 272 g/mol. The second kappa shape index (κ2) is 4.32. The summed E-state index contributed by atoms with van der Waals surface area (Å²) in [5.74, 6) is -0.208. The van der Waals surface area contributed by atoms with Gasteiger partial charge >= 0.3 is 5.97 Å². The molecule has 0 N–H and O–H groups in total. The lowest BCUT2D eigenvalue weighted by Crippen LogP contribution is -2.34. The summed E-state index contributed by atoms with van der Waals surface area (Å²) in [4.78, 5) is 12.2. The number of ether oxygens (including phenoxy) is 2. The fourth-order valence-electron chi connectivity index (χ4n) is 4.27. The first-order valence-electron chi connectivity index (χ1n) is 7.72. The van der Waals surface area contributed by atoms with E-state index in [1.807, 2.05) is 30.3 Å². The van der Waals surface area contributed by atoms with Crippen molar-refractivity contribution in [2.24, 2.45) is 0 Å². The summed E-state index contributed by atoms with van der Waals surface area (Å²) >= 11 is 0. The third-order valence-corrected chi connectivity index (χ3v) is 5.33. The van der Waals surface area contributed by atoms with E-state index in [9.17, 15) is 4.79 Å². The first-order valence-corrected chi connectivity index (χ1v) is 7.72. The van der Waals surface area contributed by atoms with E-state index in [1.54, 1.807) is 0 Å². The smallest absolute Gasteiger partial charge is 0.338 e. The van der Waals surface area contributed by atoms with Gasteiger partial charge in [0.05, 0.1) is 5.56 Å². The summed E-state index contributed by atoms with van der Waals surface area (Å²) in [5.41, 5.74) is 0.537. The summed E-state index contributed by atoms with van der Waals surface area (Å²) < 4.78 is 11.9. The van der Waals surface area contributed by atoms with Crippen LogP contribution in [0.5, 0.6) is 0 Å². The molecule has 0 amide bonds. The Morgan fingerprint density at radius 2 is 1.90 bits per heavy atom. The molecule has 0 radical (unpaired) electrons. The van der Waals surface area contributed by atoms with E-state index in [4.69, 9.17) is 9.47 Å². The van der Waals surface area contributed by atoms with E-state index in [0.717, 1.165) is 25.7 Å². The van der Waals surface area contributed by atoms with Gasteiger partial charge in [0.15, 0.2) is 0 Å². The molecule has 3 nitrogen and oxygen atoms in total. The predicted octanol–water partition coefficient (Wildman–Crippen LogP) is 3.48. The highest BCUT2D eigenvalue weighted by Gasteiger charge is 2.77. The van der Waals surface area contributed by atoms with Gasteiger partial charge in [-0.1, -0.05) is 37.5 Å². The zero-order valence-corrected chi connectivity index (χ0v) is 11.6. The maximum absolute atomic E-state index is 12.2. The van der Waals surface area contributed by atoms with E-state index in [1.165, 1.54) is 19.3 Å². The highest BCUT2D eigenvalue weighted by atomic mass is 16.7. The maximum atomic E-state index is 12.2. The molecule has 0 aromatic heterocycles. The van der Waals surface area contributed by atoms with Gasteiger partial charge in [-0.05, 0) is 37.8 Å². The van der Waals surface area contributed by atoms with Gasteiger partial charge in [-0.15, -0.1) is 0 Å². The van der Waals surface area contributed by atoms with Gasteiger partial charge in [-0.25, -0.2) is 4.79 Å². The van der Waals surface area contributed by atoms with Crippen molar-refractivity contribution < 1.29 is 14.3 Å². The Morgan fingerprint density at radius 1 is 1.10 bits per heavy atom. The SMILES string of the molecule is O=C(O[C@H]1CC[C@]23CCCCC[C@]12O3)c1ccccc1. The molecule has 1 aromatic carbocycles. The van der Waals surface area contributed by atoms with Crippen LogP contribution in [0.25, 0.3) is 0 Å². The van der Waals surface area contributed by atoms with E-state index < -0.39 is 0 Å². The molecule has 2 aliphatic carbocycles. The molecule has 20 heavy (non-hydrogen) atoms. The molecule has 3 aliphatic rings. The number of hydrogen-bond donors (Lipinski definition) is 0. The summed E-state index contributed by atoms with van der Waals surface area (Å²) in [7, 11) is 0. The summed E-state index contributed by atoms with van der Waals surface area (Å²) in [6.45, 7) is 0. The molecule has 3 fully saturated rings. The monoisotopic (exact) mass is 272 g/mol. The predicted molar refractivity (Wildman–Crippen MR) is 74.5 cm³/mol. The minimum Gasteiger partial charge on any atom is -0.456 e. The molecule has 0 bridgehead atoms. The molecule has 3 heteroatoms. The van der Waals surface area contributed by atoms with E-state index in [-0.39, 0.29) is 23.3 Å². The van der Waals surface area contributed by atoms with E-state index in [0.29, 0.717) is 5.56 Å². The highest BCUT2D eigenvalue weighted by molar-refractivity contribution is 5.89. The first kappa shape index (κ1) is 12.4. The molecule has 1 heterocycles. The standard InChI is InChI=1S/C17H20O3/c18-15(13-7-3-1-4-8-13)19-14-9-12-16-10-5-2-6-11-17(14,16)20-16/h1,3-4,7-8,14H,2,5-6,9-12H2/t14-,16+,17-/m0/s1. The number of carbonyl (C=O) groups is 1. The van der Waals surface area contributed by atoms with Gasteiger partial charge in [0.1, 0.15) is 17.3 Å². The minimum absolute atomic E-state index is 0.0468. The van der Waals surface area contributed by atoms with Crippen LogP contribution in [0.2, 0.25) is 0 Å². The van der Waals surface area contributed by atoms with Crippen molar-refractivity contribution in [1.29, 1.82) is 0 Å². The Hall–Kier alpha value is -1.35. The number of esters is 1. The van der Waals surface area contributed by atoms with Crippen LogP contribution < -0.4 is 0 Å². The van der Waals surface area contributed by atoms with Gasteiger partial charge in [-0.2, -0.15) is 0 Å². The van der Waals surface area contributed by atoms with Crippen LogP contribution in [0.15, 0.2) is 30.3 Å². The quantitative estimate of drug-likeness (QED) is 0.611. The summed E-state index contributed by atoms with van der Waals surface area (Å²) in [6.07, 6.45) is 7.90. The lowest BCUT2D eigenvalue weighted by Gasteiger charge is -2.21.